The third-order valence-corrected chi connectivity index (χ3v) is 3.44. The van der Waals surface area contributed by atoms with E-state index in [9.17, 15) is 4.39 Å². The molecule has 1 fully saturated rings. The summed E-state index contributed by atoms with van der Waals surface area (Å²) in [4.78, 5) is 2.21. The number of hydrogen-bond donors (Lipinski definition) is 1. The van der Waals surface area contributed by atoms with Gasteiger partial charge in [-0.2, -0.15) is 5.26 Å². The van der Waals surface area contributed by atoms with Crippen LogP contribution in [0.5, 0.6) is 5.75 Å². The molecule has 0 radical (unpaired) electrons. The number of nitriles is 1. The molecule has 1 heterocycles. The van der Waals surface area contributed by atoms with Gasteiger partial charge < -0.3 is 10.1 Å². The normalized spacial score (nSPS) is 17.7. The van der Waals surface area contributed by atoms with E-state index in [2.05, 4.69) is 16.3 Å². The number of hydrogen-bond acceptors (Lipinski definition) is 4. The Hall–Kier alpha value is -1.64. The Morgan fingerprint density at radius 2 is 2.21 bits per heavy atom. The van der Waals surface area contributed by atoms with E-state index in [1.807, 2.05) is 6.07 Å². The van der Waals surface area contributed by atoms with Crippen molar-refractivity contribution in [1.29, 1.82) is 5.26 Å². The van der Waals surface area contributed by atoms with Gasteiger partial charge in [0.1, 0.15) is 0 Å². The number of ether oxygens (including phenoxy) is 1. The first-order valence-electron chi connectivity index (χ1n) is 6.42. The van der Waals surface area contributed by atoms with E-state index >= 15 is 0 Å². The Kier molecular flexibility index (Phi) is 4.72. The number of methoxy groups -OCH3 is 1. The van der Waals surface area contributed by atoms with Crippen LogP contribution in [0.3, 0.4) is 0 Å². The van der Waals surface area contributed by atoms with Crippen LogP contribution in [0.15, 0.2) is 18.2 Å². The molecule has 102 valence electrons. The largest absolute Gasteiger partial charge is 0.493 e. The molecule has 0 unspecified atom stereocenters. The van der Waals surface area contributed by atoms with Gasteiger partial charge in [-0.3, -0.25) is 4.90 Å². The third kappa shape index (κ3) is 3.03. The maximum absolute atomic E-state index is 13.8. The summed E-state index contributed by atoms with van der Waals surface area (Å²) in [6.07, 6.45) is 0.333. The summed E-state index contributed by atoms with van der Waals surface area (Å²) in [5.41, 5.74) is 0.756. The minimum absolute atomic E-state index is 0.113. The zero-order valence-electron chi connectivity index (χ0n) is 11.0. The minimum Gasteiger partial charge on any atom is -0.493 e. The fraction of sp³-hybridized carbons (Fsp3) is 0.500. The zero-order chi connectivity index (χ0) is 13.7. The van der Waals surface area contributed by atoms with E-state index in [1.165, 1.54) is 13.2 Å². The van der Waals surface area contributed by atoms with Crippen molar-refractivity contribution in [1.82, 2.24) is 10.2 Å². The monoisotopic (exact) mass is 263 g/mol. The Labute approximate surface area is 112 Å². The summed E-state index contributed by atoms with van der Waals surface area (Å²) >= 11 is 0. The summed E-state index contributed by atoms with van der Waals surface area (Å²) in [6.45, 7) is 3.48. The molecule has 2 rings (SSSR count). The molecule has 0 amide bonds. The van der Waals surface area contributed by atoms with Crippen LogP contribution in [-0.4, -0.2) is 38.2 Å². The van der Waals surface area contributed by atoms with Gasteiger partial charge in [-0.25, -0.2) is 4.39 Å². The third-order valence-electron chi connectivity index (χ3n) is 3.44. The van der Waals surface area contributed by atoms with Crippen molar-refractivity contribution in [2.75, 3.05) is 33.3 Å². The Morgan fingerprint density at radius 3 is 2.84 bits per heavy atom. The predicted molar refractivity (Wildman–Crippen MR) is 70.4 cm³/mol. The second kappa shape index (κ2) is 6.50. The average Bonchev–Trinajstić information content (AvgIpc) is 2.45. The second-order valence-corrected chi connectivity index (χ2v) is 4.53. The SMILES string of the molecule is COc1c(F)cccc1[C@H](CC#N)N1CCNCC1. The molecule has 1 aliphatic rings. The van der Waals surface area contributed by atoms with Gasteiger partial charge in [-0.05, 0) is 6.07 Å². The van der Waals surface area contributed by atoms with Crippen molar-refractivity contribution < 1.29 is 9.13 Å². The van der Waals surface area contributed by atoms with E-state index in [0.717, 1.165) is 31.7 Å². The van der Waals surface area contributed by atoms with E-state index in [4.69, 9.17) is 10.00 Å². The lowest BCUT2D eigenvalue weighted by Crippen LogP contribution is -2.45. The highest BCUT2D eigenvalue weighted by Crippen LogP contribution is 2.33. The smallest absolute Gasteiger partial charge is 0.165 e. The van der Waals surface area contributed by atoms with Gasteiger partial charge in [0.2, 0.25) is 0 Å². The van der Waals surface area contributed by atoms with Crippen molar-refractivity contribution in [3.8, 4) is 11.8 Å². The van der Waals surface area contributed by atoms with Crippen LogP contribution in [0.4, 0.5) is 4.39 Å². The molecule has 0 aromatic heterocycles. The van der Waals surface area contributed by atoms with Gasteiger partial charge in [-0.1, -0.05) is 12.1 Å². The number of nitrogens with one attached hydrogen (secondary N) is 1. The number of para-hydroxylation sites is 1. The minimum atomic E-state index is -0.377. The zero-order valence-corrected chi connectivity index (χ0v) is 11.0. The topological polar surface area (TPSA) is 48.3 Å². The fourth-order valence-corrected chi connectivity index (χ4v) is 2.52. The van der Waals surface area contributed by atoms with E-state index in [-0.39, 0.29) is 17.6 Å². The molecule has 4 nitrogen and oxygen atoms in total. The number of benzene rings is 1. The van der Waals surface area contributed by atoms with Gasteiger partial charge in [0.15, 0.2) is 11.6 Å². The Morgan fingerprint density at radius 1 is 1.47 bits per heavy atom. The van der Waals surface area contributed by atoms with Crippen LogP contribution in [0.2, 0.25) is 0 Å². The van der Waals surface area contributed by atoms with Gasteiger partial charge in [0, 0.05) is 31.7 Å². The van der Waals surface area contributed by atoms with Crippen molar-refractivity contribution >= 4 is 0 Å². The molecular formula is C14H18FN3O. The summed E-state index contributed by atoms with van der Waals surface area (Å²) in [5.74, 6) is -0.126. The fourth-order valence-electron chi connectivity index (χ4n) is 2.52. The highest BCUT2D eigenvalue weighted by atomic mass is 19.1. The summed E-state index contributed by atoms with van der Waals surface area (Å²) < 4.78 is 18.9. The molecular weight excluding hydrogens is 245 g/mol. The molecule has 0 saturated carbocycles. The van der Waals surface area contributed by atoms with Gasteiger partial charge in [0.05, 0.1) is 25.6 Å². The van der Waals surface area contributed by atoms with Crippen LogP contribution in [-0.2, 0) is 0 Å². The molecule has 0 spiro atoms. The molecule has 1 N–H and O–H groups in total. The van der Waals surface area contributed by atoms with E-state index in [0.29, 0.717) is 6.42 Å². The lowest BCUT2D eigenvalue weighted by atomic mass is 10.0. The lowest BCUT2D eigenvalue weighted by Gasteiger charge is -2.34. The Balaban J connectivity index is 2.33. The lowest BCUT2D eigenvalue weighted by molar-refractivity contribution is 0.172. The first-order chi connectivity index (χ1) is 9.27. The molecule has 0 aliphatic carbocycles. The number of halogens is 1. The van der Waals surface area contributed by atoms with Crippen LogP contribution >= 0.6 is 0 Å². The van der Waals surface area contributed by atoms with Gasteiger partial charge in [0.25, 0.3) is 0 Å². The van der Waals surface area contributed by atoms with Gasteiger partial charge >= 0.3 is 0 Å². The molecule has 5 heteroatoms. The molecule has 19 heavy (non-hydrogen) atoms. The van der Waals surface area contributed by atoms with Crippen molar-refractivity contribution in [3.05, 3.63) is 29.6 Å². The summed E-state index contributed by atoms with van der Waals surface area (Å²) in [6, 6.07) is 6.97. The molecule has 1 atom stereocenters. The quantitative estimate of drug-likeness (QED) is 0.898. The maximum atomic E-state index is 13.8. The summed E-state index contributed by atoms with van der Waals surface area (Å²) in [5, 5.41) is 12.3. The number of piperazine rings is 1. The standard InChI is InChI=1S/C14H18FN3O/c1-19-14-11(3-2-4-12(14)15)13(5-6-16)18-9-7-17-8-10-18/h2-4,13,17H,5,7-10H2,1H3/t13-/m0/s1. The average molecular weight is 263 g/mol. The molecule has 1 saturated heterocycles. The first kappa shape index (κ1) is 13.8. The molecule has 1 aromatic rings. The molecule has 1 aromatic carbocycles. The first-order valence-corrected chi connectivity index (χ1v) is 6.42. The summed E-state index contributed by atoms with van der Waals surface area (Å²) in [7, 11) is 1.46. The number of nitrogens with zero attached hydrogens (tertiary/aromatic N) is 2. The van der Waals surface area contributed by atoms with Crippen molar-refractivity contribution in [2.45, 2.75) is 12.5 Å². The highest BCUT2D eigenvalue weighted by Gasteiger charge is 2.25. The van der Waals surface area contributed by atoms with Crippen LogP contribution in [0.1, 0.15) is 18.0 Å². The van der Waals surface area contributed by atoms with Gasteiger partial charge in [-0.15, -0.1) is 0 Å². The van der Waals surface area contributed by atoms with Crippen molar-refractivity contribution in [3.63, 3.8) is 0 Å². The Bertz CT molecular complexity index is 466. The second-order valence-electron chi connectivity index (χ2n) is 4.53. The predicted octanol–water partition coefficient (Wildman–Crippen LogP) is 1.69. The van der Waals surface area contributed by atoms with E-state index < -0.39 is 0 Å². The molecule has 0 bridgehead atoms. The number of rotatable bonds is 4. The van der Waals surface area contributed by atoms with Crippen LogP contribution < -0.4 is 10.1 Å². The van der Waals surface area contributed by atoms with Crippen LogP contribution in [0.25, 0.3) is 0 Å². The van der Waals surface area contributed by atoms with Crippen molar-refractivity contribution in [2.24, 2.45) is 0 Å². The van der Waals surface area contributed by atoms with Crippen LogP contribution in [0, 0.1) is 17.1 Å². The maximum Gasteiger partial charge on any atom is 0.165 e. The molecule has 1 aliphatic heterocycles. The van der Waals surface area contributed by atoms with E-state index in [1.54, 1.807) is 6.07 Å². The highest BCUT2D eigenvalue weighted by molar-refractivity contribution is 5.38.